The molecule has 0 saturated carbocycles. The molecule has 3 aromatic carbocycles. The van der Waals surface area contributed by atoms with Crippen LogP contribution in [0.4, 0.5) is 11.4 Å². The minimum Gasteiger partial charge on any atom is -0.497 e. The number of benzene rings is 3. The second-order valence-corrected chi connectivity index (χ2v) is 18.6. The molecule has 3 aromatic rings. The smallest absolute Gasteiger partial charge is 0.264 e. The van der Waals surface area contributed by atoms with E-state index in [2.05, 4.69) is 42.8 Å². The fraction of sp³-hybridized carbons (Fsp3) is 0.444. The summed E-state index contributed by atoms with van der Waals surface area (Å²) in [6.07, 6.45) is 2.03. The molecule has 3 N–H and O–H groups in total. The maximum absolute atomic E-state index is 14.8. The Kier molecular flexibility index (Phi) is 9.33. The molecule has 0 aliphatic carbocycles. The predicted octanol–water partition coefficient (Wildman–Crippen LogP) is 5.43. The Hall–Kier alpha value is -3.21. The Morgan fingerprint density at radius 1 is 1.15 bits per heavy atom. The van der Waals surface area contributed by atoms with Crippen molar-refractivity contribution in [1.29, 1.82) is 0 Å². The first-order valence-electron chi connectivity index (χ1n) is 16.3. The number of fused-ring (bicyclic) bond motifs is 2. The molecule has 3 aliphatic heterocycles. The Bertz CT molecular complexity index is 1580. The van der Waals surface area contributed by atoms with Gasteiger partial charge >= 0.3 is 0 Å². The van der Waals surface area contributed by atoms with Gasteiger partial charge in [0.1, 0.15) is 5.75 Å². The third-order valence-corrected chi connectivity index (χ3v) is 15.0. The summed E-state index contributed by atoms with van der Waals surface area (Å²) in [5.41, 5.74) is 2.08. The fourth-order valence-electron chi connectivity index (χ4n) is 8.04. The van der Waals surface area contributed by atoms with E-state index in [-0.39, 0.29) is 41.9 Å². The summed E-state index contributed by atoms with van der Waals surface area (Å²) in [6.45, 7) is 8.75. The number of aliphatic hydroxyl groups is 1. The Morgan fingerprint density at radius 3 is 2.54 bits per heavy atom. The average Bonchev–Trinajstić information content (AvgIpc) is 3.48. The van der Waals surface area contributed by atoms with Crippen molar-refractivity contribution in [2.45, 2.75) is 63.1 Å². The van der Waals surface area contributed by atoms with Crippen LogP contribution in [-0.4, -0.2) is 57.9 Å². The Balaban J connectivity index is 1.30. The summed E-state index contributed by atoms with van der Waals surface area (Å²) in [4.78, 5) is 29.3. The van der Waals surface area contributed by atoms with Crippen molar-refractivity contribution in [2.24, 2.45) is 11.8 Å². The number of hydrogen-bond acceptors (Lipinski definition) is 6. The van der Waals surface area contributed by atoms with E-state index in [9.17, 15) is 14.7 Å². The van der Waals surface area contributed by atoms with Crippen molar-refractivity contribution in [3.05, 3.63) is 82.9 Å². The topological polar surface area (TPSA) is 100 Å². The van der Waals surface area contributed by atoms with Crippen molar-refractivity contribution < 1.29 is 24.2 Å². The van der Waals surface area contributed by atoms with Gasteiger partial charge in [0.05, 0.1) is 39.4 Å². The fourth-order valence-corrected chi connectivity index (χ4v) is 12.3. The van der Waals surface area contributed by atoms with E-state index in [0.29, 0.717) is 24.5 Å². The number of piperidine rings is 1. The average molecular weight is 662 g/mol. The summed E-state index contributed by atoms with van der Waals surface area (Å²) < 4.78 is 12.4. The van der Waals surface area contributed by atoms with Crippen LogP contribution >= 0.6 is 11.6 Å². The first-order valence-corrected chi connectivity index (χ1v) is 19.7. The van der Waals surface area contributed by atoms with Gasteiger partial charge in [-0.3, -0.25) is 9.59 Å². The van der Waals surface area contributed by atoms with Crippen LogP contribution < -0.4 is 25.5 Å². The lowest BCUT2D eigenvalue weighted by molar-refractivity contribution is -0.146. The van der Waals surface area contributed by atoms with E-state index in [4.69, 9.17) is 21.1 Å². The molecule has 0 bridgehead atoms. The zero-order valence-electron chi connectivity index (χ0n) is 27.0. The van der Waals surface area contributed by atoms with Crippen molar-refractivity contribution in [3.8, 4) is 5.75 Å². The van der Waals surface area contributed by atoms with Crippen molar-refractivity contribution in [1.82, 2.24) is 5.32 Å². The maximum atomic E-state index is 14.8. The summed E-state index contributed by atoms with van der Waals surface area (Å²) in [7, 11) is -0.606. The molecular formula is C36H44ClN3O5Si. The molecule has 5 atom stereocenters. The second-order valence-electron chi connectivity index (χ2n) is 13.5. The first-order chi connectivity index (χ1) is 22.1. The Labute approximate surface area is 277 Å². The zero-order chi connectivity index (χ0) is 32.6. The SMILES string of the molecule is COc1ccc([Si](C)(C)[C@@H]2[C@@H](CCO)O[C@]3(C(=O)N(Cc4ccc(NC(=O)C5CCCNC5)cc4)c4ccc(Cl)cc43)[C@H]2C)cc1. The number of amides is 2. The number of halogens is 1. The number of carbonyl (C=O) groups is 2. The van der Waals surface area contributed by atoms with Gasteiger partial charge in [-0.15, -0.1) is 0 Å². The van der Waals surface area contributed by atoms with Gasteiger partial charge in [0.2, 0.25) is 5.91 Å². The number of hydrogen-bond donors (Lipinski definition) is 3. The molecule has 0 radical (unpaired) electrons. The van der Waals surface area contributed by atoms with E-state index >= 15 is 0 Å². The molecule has 2 amide bonds. The zero-order valence-corrected chi connectivity index (χ0v) is 28.8. The number of methoxy groups -OCH3 is 1. The standard InChI is InChI=1S/C36H44ClN3O5Si/c1-23-33(46(3,4)29-14-12-28(44-2)13-15-29)32(17-19-41)45-36(23)30-20-26(37)9-16-31(30)40(35(36)43)22-24-7-10-27(11-8-24)39-34(42)25-6-5-18-38-21-25/h7-16,20,23,25,32-33,38,41H,5-6,17-19,21-22H2,1-4H3,(H,39,42)/t23-,25?,32+,33-,36+/m0/s1. The number of nitrogens with one attached hydrogen (secondary N) is 2. The highest BCUT2D eigenvalue weighted by Crippen LogP contribution is 2.60. The van der Waals surface area contributed by atoms with Gasteiger partial charge in [-0.25, -0.2) is 0 Å². The lowest BCUT2D eigenvalue weighted by Gasteiger charge is -2.37. The number of anilines is 2. The van der Waals surface area contributed by atoms with Crippen molar-refractivity contribution >= 4 is 48.1 Å². The van der Waals surface area contributed by atoms with Crippen LogP contribution in [0.1, 0.15) is 37.3 Å². The van der Waals surface area contributed by atoms with Crippen LogP contribution in [0, 0.1) is 11.8 Å². The van der Waals surface area contributed by atoms with Crippen LogP contribution in [0.2, 0.25) is 23.7 Å². The molecule has 0 aromatic heterocycles. The molecule has 1 unspecified atom stereocenters. The number of aliphatic hydroxyl groups excluding tert-OH is 1. The van der Waals surface area contributed by atoms with Gasteiger partial charge in [-0.05, 0) is 79.4 Å². The summed E-state index contributed by atoms with van der Waals surface area (Å²) in [6, 6.07) is 21.5. The highest BCUT2D eigenvalue weighted by Gasteiger charge is 2.66. The number of ether oxygens (including phenoxy) is 2. The van der Waals surface area contributed by atoms with Gasteiger partial charge in [-0.2, -0.15) is 0 Å². The molecule has 1 spiro atoms. The normalized spacial score (nSPS) is 26.0. The monoisotopic (exact) mass is 661 g/mol. The van der Waals surface area contributed by atoms with Gasteiger partial charge in [0.25, 0.3) is 5.91 Å². The number of rotatable bonds is 9. The summed E-state index contributed by atoms with van der Waals surface area (Å²) >= 11 is 6.58. The number of carbonyl (C=O) groups excluding carboxylic acids is 2. The quantitative estimate of drug-likeness (QED) is 0.265. The number of nitrogens with zero attached hydrogens (tertiary/aromatic N) is 1. The highest BCUT2D eigenvalue weighted by molar-refractivity contribution is 6.91. The molecule has 46 heavy (non-hydrogen) atoms. The molecule has 3 aliphatic rings. The molecule has 2 fully saturated rings. The molecule has 3 heterocycles. The van der Waals surface area contributed by atoms with Gasteiger partial charge in [-0.1, -0.05) is 61.1 Å². The maximum Gasteiger partial charge on any atom is 0.264 e. The van der Waals surface area contributed by atoms with Gasteiger partial charge in [0, 0.05) is 35.3 Å². The minimum atomic E-state index is -2.27. The highest BCUT2D eigenvalue weighted by atomic mass is 35.5. The third-order valence-electron chi connectivity index (χ3n) is 10.4. The molecule has 10 heteroatoms. The van der Waals surface area contributed by atoms with E-state index in [1.165, 1.54) is 5.19 Å². The van der Waals surface area contributed by atoms with E-state index < -0.39 is 13.7 Å². The largest absolute Gasteiger partial charge is 0.497 e. The van der Waals surface area contributed by atoms with Crippen LogP contribution in [0.3, 0.4) is 0 Å². The molecule has 6 rings (SSSR count). The van der Waals surface area contributed by atoms with Gasteiger partial charge in [0.15, 0.2) is 5.60 Å². The van der Waals surface area contributed by atoms with Crippen LogP contribution in [0.5, 0.6) is 5.75 Å². The van der Waals surface area contributed by atoms with E-state index in [1.807, 2.05) is 59.5 Å². The lowest BCUT2D eigenvalue weighted by atomic mass is 9.82. The van der Waals surface area contributed by atoms with Crippen LogP contribution in [-0.2, 0) is 26.5 Å². The molecule has 8 nitrogen and oxygen atoms in total. The molecule has 244 valence electrons. The van der Waals surface area contributed by atoms with Crippen LogP contribution in [0.25, 0.3) is 0 Å². The summed E-state index contributed by atoms with van der Waals surface area (Å²) in [5, 5.41) is 18.3. The van der Waals surface area contributed by atoms with Crippen molar-refractivity contribution in [2.75, 3.05) is 37.0 Å². The second kappa shape index (κ2) is 13.1. The van der Waals surface area contributed by atoms with Crippen LogP contribution in [0.15, 0.2) is 66.7 Å². The minimum absolute atomic E-state index is 0.0280. The van der Waals surface area contributed by atoms with E-state index in [0.717, 1.165) is 47.6 Å². The summed E-state index contributed by atoms with van der Waals surface area (Å²) in [5.74, 6) is 0.524. The van der Waals surface area contributed by atoms with Gasteiger partial charge < -0.3 is 30.1 Å². The molecule has 2 saturated heterocycles. The predicted molar refractivity (Wildman–Crippen MR) is 185 cm³/mol. The third kappa shape index (κ3) is 5.77. The van der Waals surface area contributed by atoms with E-state index in [1.54, 1.807) is 7.11 Å². The molecular weight excluding hydrogens is 618 g/mol. The lowest BCUT2D eigenvalue weighted by Crippen LogP contribution is -2.51. The van der Waals surface area contributed by atoms with Crippen molar-refractivity contribution in [3.63, 3.8) is 0 Å². The first kappa shape index (κ1) is 32.7. The Morgan fingerprint density at radius 2 is 1.89 bits per heavy atom.